The predicted octanol–water partition coefficient (Wildman–Crippen LogP) is 2.88. The van der Waals surface area contributed by atoms with Crippen molar-refractivity contribution < 1.29 is 14.3 Å². The zero-order chi connectivity index (χ0) is 12.8. The lowest BCUT2D eigenvalue weighted by molar-refractivity contribution is -0.167. The third-order valence-electron chi connectivity index (χ3n) is 3.36. The Bertz CT molecular complexity index is 411. The van der Waals surface area contributed by atoms with E-state index in [9.17, 15) is 9.59 Å². The van der Waals surface area contributed by atoms with Crippen LogP contribution in [0.25, 0.3) is 0 Å². The molecule has 1 aliphatic rings. The fourth-order valence-corrected chi connectivity index (χ4v) is 2.28. The molecule has 3 heteroatoms. The number of aryl methyl sites for hydroxylation is 1. The molecule has 1 atom stereocenters. The van der Waals surface area contributed by atoms with Gasteiger partial charge in [0.2, 0.25) is 0 Å². The Balaban J connectivity index is 1.67. The summed E-state index contributed by atoms with van der Waals surface area (Å²) in [7, 11) is 0. The molecule has 0 bridgehead atoms. The first-order chi connectivity index (χ1) is 8.75. The van der Waals surface area contributed by atoms with Gasteiger partial charge in [-0.25, -0.2) is 0 Å². The van der Waals surface area contributed by atoms with Gasteiger partial charge < -0.3 is 4.74 Å². The molecule has 0 aliphatic carbocycles. The van der Waals surface area contributed by atoms with Crippen molar-refractivity contribution in [2.24, 2.45) is 5.92 Å². The van der Waals surface area contributed by atoms with Crippen LogP contribution in [0.2, 0.25) is 0 Å². The second kappa shape index (κ2) is 6.34. The van der Waals surface area contributed by atoms with Gasteiger partial charge in [0.25, 0.3) is 0 Å². The number of cyclic esters (lactones) is 2. The lowest BCUT2D eigenvalue weighted by Gasteiger charge is -2.18. The van der Waals surface area contributed by atoms with Gasteiger partial charge in [0, 0.05) is 6.42 Å². The summed E-state index contributed by atoms with van der Waals surface area (Å²) in [5.74, 6) is -0.773. The summed E-state index contributed by atoms with van der Waals surface area (Å²) in [6, 6.07) is 10.3. The maximum Gasteiger partial charge on any atom is 0.316 e. The monoisotopic (exact) mass is 246 g/mol. The highest BCUT2D eigenvalue weighted by atomic mass is 16.6. The van der Waals surface area contributed by atoms with Crippen molar-refractivity contribution in [2.75, 3.05) is 0 Å². The number of carbonyl (C=O) groups excluding carboxylic acids is 2. The Morgan fingerprint density at radius 1 is 1.11 bits per heavy atom. The molecule has 1 saturated heterocycles. The molecule has 1 aliphatic heterocycles. The second-order valence-corrected chi connectivity index (χ2v) is 4.76. The van der Waals surface area contributed by atoms with Crippen LogP contribution >= 0.6 is 0 Å². The van der Waals surface area contributed by atoms with Gasteiger partial charge in [-0.15, -0.1) is 0 Å². The molecule has 1 fully saturated rings. The molecule has 0 saturated carbocycles. The number of rotatable bonds is 5. The van der Waals surface area contributed by atoms with Gasteiger partial charge in [0.05, 0.1) is 5.92 Å². The zero-order valence-electron chi connectivity index (χ0n) is 10.4. The highest BCUT2D eigenvalue weighted by Crippen LogP contribution is 2.22. The molecular formula is C15H18O3. The summed E-state index contributed by atoms with van der Waals surface area (Å²) in [5.41, 5.74) is 1.33. The molecule has 0 radical (unpaired) electrons. The van der Waals surface area contributed by atoms with Gasteiger partial charge in [0.15, 0.2) is 0 Å². The molecule has 3 nitrogen and oxygen atoms in total. The van der Waals surface area contributed by atoms with Crippen LogP contribution in [0, 0.1) is 5.92 Å². The first-order valence-electron chi connectivity index (χ1n) is 6.54. The molecule has 96 valence electrons. The Labute approximate surface area is 107 Å². The third kappa shape index (κ3) is 3.69. The summed E-state index contributed by atoms with van der Waals surface area (Å²) in [4.78, 5) is 22.3. The Hall–Kier alpha value is -1.64. The standard InChI is InChI=1S/C15H18O3/c16-14-11-10-13(15(17)18-14)9-5-4-8-12-6-2-1-3-7-12/h1-3,6-7,13H,4-5,8-11H2. The number of hydrogen-bond acceptors (Lipinski definition) is 3. The fourth-order valence-electron chi connectivity index (χ4n) is 2.28. The molecule has 0 N–H and O–H groups in total. The molecule has 2 rings (SSSR count). The third-order valence-corrected chi connectivity index (χ3v) is 3.36. The van der Waals surface area contributed by atoms with E-state index in [1.54, 1.807) is 0 Å². The average molecular weight is 246 g/mol. The van der Waals surface area contributed by atoms with E-state index in [4.69, 9.17) is 0 Å². The molecule has 1 aromatic rings. The fraction of sp³-hybridized carbons (Fsp3) is 0.467. The van der Waals surface area contributed by atoms with Gasteiger partial charge in [-0.05, 0) is 31.2 Å². The Morgan fingerprint density at radius 2 is 1.89 bits per heavy atom. The largest absolute Gasteiger partial charge is 0.393 e. The van der Waals surface area contributed by atoms with E-state index in [0.29, 0.717) is 12.8 Å². The molecular weight excluding hydrogens is 228 g/mol. The van der Waals surface area contributed by atoms with Crippen molar-refractivity contribution in [3.63, 3.8) is 0 Å². The van der Waals surface area contributed by atoms with E-state index < -0.39 is 0 Å². The van der Waals surface area contributed by atoms with E-state index >= 15 is 0 Å². The van der Waals surface area contributed by atoms with Crippen LogP contribution in [-0.2, 0) is 20.7 Å². The van der Waals surface area contributed by atoms with E-state index in [-0.39, 0.29) is 17.9 Å². The van der Waals surface area contributed by atoms with Crippen LogP contribution in [0.3, 0.4) is 0 Å². The summed E-state index contributed by atoms with van der Waals surface area (Å²) in [6.45, 7) is 0. The van der Waals surface area contributed by atoms with Crippen LogP contribution in [0.5, 0.6) is 0 Å². The summed E-state index contributed by atoms with van der Waals surface area (Å²) >= 11 is 0. The summed E-state index contributed by atoms with van der Waals surface area (Å²) in [5, 5.41) is 0. The minimum atomic E-state index is -0.375. The van der Waals surface area contributed by atoms with Crippen LogP contribution in [0.1, 0.15) is 37.7 Å². The van der Waals surface area contributed by atoms with Gasteiger partial charge in [-0.2, -0.15) is 0 Å². The van der Waals surface area contributed by atoms with E-state index in [1.807, 2.05) is 18.2 Å². The summed E-state index contributed by atoms with van der Waals surface area (Å²) in [6.07, 6.45) is 4.99. The van der Waals surface area contributed by atoms with Crippen molar-refractivity contribution in [3.05, 3.63) is 35.9 Å². The van der Waals surface area contributed by atoms with Crippen molar-refractivity contribution in [1.29, 1.82) is 0 Å². The van der Waals surface area contributed by atoms with Crippen molar-refractivity contribution in [2.45, 2.75) is 38.5 Å². The van der Waals surface area contributed by atoms with Crippen LogP contribution < -0.4 is 0 Å². The summed E-state index contributed by atoms with van der Waals surface area (Å²) < 4.78 is 4.64. The maximum absolute atomic E-state index is 11.4. The smallest absolute Gasteiger partial charge is 0.316 e. The lowest BCUT2D eigenvalue weighted by atomic mass is 9.94. The predicted molar refractivity (Wildman–Crippen MR) is 67.8 cm³/mol. The van der Waals surface area contributed by atoms with Crippen molar-refractivity contribution in [1.82, 2.24) is 0 Å². The number of benzene rings is 1. The highest BCUT2D eigenvalue weighted by molar-refractivity contribution is 5.89. The van der Waals surface area contributed by atoms with Crippen molar-refractivity contribution in [3.8, 4) is 0 Å². The molecule has 1 aromatic carbocycles. The quantitative estimate of drug-likeness (QED) is 0.456. The van der Waals surface area contributed by atoms with Gasteiger partial charge in [-0.1, -0.05) is 36.8 Å². The van der Waals surface area contributed by atoms with Gasteiger partial charge in [-0.3, -0.25) is 9.59 Å². The highest BCUT2D eigenvalue weighted by Gasteiger charge is 2.28. The molecule has 18 heavy (non-hydrogen) atoms. The Morgan fingerprint density at radius 3 is 2.61 bits per heavy atom. The van der Waals surface area contributed by atoms with Crippen LogP contribution in [-0.4, -0.2) is 11.9 Å². The lowest BCUT2D eigenvalue weighted by Crippen LogP contribution is -2.27. The number of ether oxygens (including phenoxy) is 1. The topological polar surface area (TPSA) is 43.4 Å². The molecule has 1 heterocycles. The van der Waals surface area contributed by atoms with Crippen molar-refractivity contribution >= 4 is 11.9 Å². The normalized spacial score (nSPS) is 19.7. The Kier molecular flexibility index (Phi) is 4.51. The van der Waals surface area contributed by atoms with E-state index in [2.05, 4.69) is 16.9 Å². The maximum atomic E-state index is 11.4. The van der Waals surface area contributed by atoms with Crippen LogP contribution in [0.4, 0.5) is 0 Å². The number of esters is 2. The molecule has 1 unspecified atom stereocenters. The van der Waals surface area contributed by atoms with Gasteiger partial charge >= 0.3 is 11.9 Å². The number of unbranched alkanes of at least 4 members (excludes halogenated alkanes) is 1. The molecule has 0 spiro atoms. The minimum absolute atomic E-state index is 0.0709. The van der Waals surface area contributed by atoms with E-state index in [1.165, 1.54) is 5.56 Å². The van der Waals surface area contributed by atoms with Crippen LogP contribution in [0.15, 0.2) is 30.3 Å². The number of carbonyl (C=O) groups is 2. The van der Waals surface area contributed by atoms with E-state index in [0.717, 1.165) is 25.7 Å². The average Bonchev–Trinajstić information content (AvgIpc) is 2.38. The van der Waals surface area contributed by atoms with Gasteiger partial charge in [0.1, 0.15) is 0 Å². The SMILES string of the molecule is O=C1CCC(CCCCc2ccccc2)C(=O)O1. The first-order valence-corrected chi connectivity index (χ1v) is 6.54. The number of hydrogen-bond donors (Lipinski definition) is 0. The minimum Gasteiger partial charge on any atom is -0.393 e. The first kappa shape index (κ1) is 12.8. The zero-order valence-corrected chi connectivity index (χ0v) is 10.4. The second-order valence-electron chi connectivity index (χ2n) is 4.76. The molecule has 0 aromatic heterocycles. The molecule has 0 amide bonds.